The number of imide groups is 1. The minimum atomic E-state index is -1.10. The lowest BCUT2D eigenvalue weighted by atomic mass is 9.81. The van der Waals surface area contributed by atoms with E-state index in [0.29, 0.717) is 17.2 Å². The molecule has 3 amide bonds. The fourth-order valence-corrected chi connectivity index (χ4v) is 7.42. The first-order chi connectivity index (χ1) is 17.3. The van der Waals surface area contributed by atoms with Gasteiger partial charge in [0.05, 0.1) is 11.8 Å². The topological polar surface area (TPSA) is 102 Å². The van der Waals surface area contributed by atoms with Crippen molar-refractivity contribution in [2.75, 3.05) is 11.9 Å². The number of para-hydroxylation sites is 1. The van der Waals surface area contributed by atoms with E-state index >= 15 is 0 Å². The van der Waals surface area contributed by atoms with Gasteiger partial charge in [0.25, 0.3) is 5.91 Å². The van der Waals surface area contributed by atoms with E-state index in [1.54, 1.807) is 24.3 Å². The van der Waals surface area contributed by atoms with Gasteiger partial charge in [0.15, 0.2) is 6.61 Å². The summed E-state index contributed by atoms with van der Waals surface area (Å²) < 4.78 is 10.9. The zero-order valence-corrected chi connectivity index (χ0v) is 22.5. The maximum Gasteiger partial charge on any atom is 0.329 e. The Morgan fingerprint density at radius 2 is 1.50 bits per heavy atom. The van der Waals surface area contributed by atoms with Crippen molar-refractivity contribution in [3.63, 3.8) is 0 Å². The van der Waals surface area contributed by atoms with E-state index in [9.17, 15) is 19.2 Å². The molecule has 2 aromatic rings. The number of anilines is 1. The third-order valence-electron chi connectivity index (χ3n) is 7.21. The molecule has 2 bridgehead atoms. The molecule has 1 heterocycles. The Kier molecular flexibility index (Phi) is 6.91. The first-order valence-corrected chi connectivity index (χ1v) is 13.5. The van der Waals surface area contributed by atoms with Crippen LogP contribution < -0.4 is 10.1 Å². The second kappa shape index (κ2) is 9.97. The molecule has 10 heteroatoms. The van der Waals surface area contributed by atoms with Crippen molar-refractivity contribution in [2.24, 2.45) is 23.7 Å². The van der Waals surface area contributed by atoms with Crippen LogP contribution in [0.4, 0.5) is 5.69 Å². The molecule has 1 saturated heterocycles. The molecule has 0 spiro atoms. The van der Waals surface area contributed by atoms with Crippen LogP contribution in [0.2, 0.25) is 0 Å². The largest absolute Gasteiger partial charge is 0.457 e. The van der Waals surface area contributed by atoms with Gasteiger partial charge in [0.2, 0.25) is 11.8 Å². The van der Waals surface area contributed by atoms with Crippen LogP contribution in [0.1, 0.15) is 13.3 Å². The summed E-state index contributed by atoms with van der Waals surface area (Å²) >= 11 is 7.29. The van der Waals surface area contributed by atoms with Gasteiger partial charge in [-0.15, -0.1) is 0 Å². The molecule has 5 rings (SSSR count). The Hall–Kier alpha value is -2.72. The second-order valence-corrected chi connectivity index (χ2v) is 11.4. The number of esters is 1. The molecule has 1 aliphatic heterocycles. The van der Waals surface area contributed by atoms with Crippen LogP contribution in [0.3, 0.4) is 0 Å². The van der Waals surface area contributed by atoms with E-state index < -0.39 is 36.4 Å². The normalized spacial score (nSPS) is 29.1. The molecule has 0 aromatic heterocycles. The van der Waals surface area contributed by atoms with Gasteiger partial charge in [-0.1, -0.05) is 50.1 Å². The van der Waals surface area contributed by atoms with Crippen molar-refractivity contribution >= 4 is 61.2 Å². The number of benzene rings is 2. The van der Waals surface area contributed by atoms with E-state index in [4.69, 9.17) is 9.47 Å². The molecule has 188 valence electrons. The van der Waals surface area contributed by atoms with E-state index in [1.165, 1.54) is 6.92 Å². The van der Waals surface area contributed by atoms with Gasteiger partial charge in [-0.25, -0.2) is 4.79 Å². The third-order valence-corrected chi connectivity index (χ3v) is 10.4. The van der Waals surface area contributed by atoms with E-state index in [0.717, 1.165) is 11.3 Å². The molecule has 7 atom stereocenters. The minimum absolute atomic E-state index is 0.0595. The monoisotopic (exact) mass is 618 g/mol. The van der Waals surface area contributed by atoms with Gasteiger partial charge >= 0.3 is 5.97 Å². The van der Waals surface area contributed by atoms with Crippen molar-refractivity contribution in [3.05, 3.63) is 54.6 Å². The average Bonchev–Trinajstić information content (AvgIpc) is 3.48. The summed E-state index contributed by atoms with van der Waals surface area (Å²) in [7, 11) is 0. The number of nitrogens with zero attached hydrogens (tertiary/aromatic N) is 1. The predicted octanol–water partition coefficient (Wildman–Crippen LogP) is 4.13. The van der Waals surface area contributed by atoms with Gasteiger partial charge in [-0.05, 0) is 61.6 Å². The number of carbonyl (C=O) groups excluding carboxylic acids is 4. The van der Waals surface area contributed by atoms with Crippen LogP contribution in [0.5, 0.6) is 11.5 Å². The number of carbonyl (C=O) groups is 4. The van der Waals surface area contributed by atoms with Crippen LogP contribution in [-0.4, -0.2) is 50.9 Å². The third kappa shape index (κ3) is 4.45. The number of amides is 3. The number of hydrogen-bond donors (Lipinski definition) is 1. The molecule has 36 heavy (non-hydrogen) atoms. The zero-order chi connectivity index (χ0) is 25.6. The van der Waals surface area contributed by atoms with Crippen molar-refractivity contribution in [1.82, 2.24) is 4.90 Å². The number of ether oxygens (including phenoxy) is 2. The summed E-state index contributed by atoms with van der Waals surface area (Å²) in [4.78, 5) is 52.4. The molecule has 0 unspecified atom stereocenters. The highest BCUT2D eigenvalue weighted by molar-refractivity contribution is 9.12. The number of likely N-dealkylation sites (tertiary alicyclic amines) is 1. The molecule has 0 radical (unpaired) electrons. The fraction of sp³-hybridized carbons (Fsp3) is 0.385. The van der Waals surface area contributed by atoms with Crippen LogP contribution in [0.25, 0.3) is 0 Å². The Labute approximate surface area is 224 Å². The summed E-state index contributed by atoms with van der Waals surface area (Å²) in [5.74, 6) is -1.38. The zero-order valence-electron chi connectivity index (χ0n) is 19.3. The molecular weight excluding hydrogens is 596 g/mol. The predicted molar refractivity (Wildman–Crippen MR) is 138 cm³/mol. The number of nitrogens with one attached hydrogen (secondary N) is 1. The lowest BCUT2D eigenvalue weighted by Gasteiger charge is -2.28. The van der Waals surface area contributed by atoms with Gasteiger partial charge < -0.3 is 14.8 Å². The molecule has 2 aromatic carbocycles. The highest BCUT2D eigenvalue weighted by Gasteiger charge is 2.67. The summed E-state index contributed by atoms with van der Waals surface area (Å²) in [6.07, 6.45) is 0.810. The Morgan fingerprint density at radius 3 is 2.08 bits per heavy atom. The summed E-state index contributed by atoms with van der Waals surface area (Å²) in [5, 5.41) is 2.65. The van der Waals surface area contributed by atoms with Crippen molar-refractivity contribution in [3.8, 4) is 11.5 Å². The van der Waals surface area contributed by atoms with E-state index in [2.05, 4.69) is 37.2 Å². The maximum absolute atomic E-state index is 13.1. The molecule has 3 aliphatic rings. The standard InChI is InChI=1S/C26H24Br2N2O6/c1-13(30-24(32)20-17-11-18(21(20)25(30)33)23(28)22(17)27)26(34)35-12-19(31)29-14-7-9-16(10-8-14)36-15-5-3-2-4-6-15/h2-10,13,17-18,20-23H,11-12H2,1H3,(H,29,31)/t13-,17-,18-,20-,21-,22-,23+/m1/s1. The molecule has 8 nitrogen and oxygen atoms in total. The minimum Gasteiger partial charge on any atom is -0.457 e. The van der Waals surface area contributed by atoms with Crippen LogP contribution >= 0.6 is 31.9 Å². The number of hydrogen-bond acceptors (Lipinski definition) is 6. The first-order valence-electron chi connectivity index (χ1n) is 11.7. The van der Waals surface area contributed by atoms with Gasteiger partial charge in [-0.3, -0.25) is 19.3 Å². The molecule has 3 fully saturated rings. The van der Waals surface area contributed by atoms with Crippen molar-refractivity contribution < 1.29 is 28.7 Å². The SMILES string of the molecule is C[C@H](C(=O)OCC(=O)Nc1ccc(Oc2ccccc2)cc1)N1C(=O)[C@@H]2[C@H]3C[C@@H]([C@@H](Br)[C@H]3Br)[C@H]2C1=O. The van der Waals surface area contributed by atoms with Crippen molar-refractivity contribution in [2.45, 2.75) is 29.0 Å². The first kappa shape index (κ1) is 25.0. The van der Waals surface area contributed by atoms with Crippen LogP contribution in [0, 0.1) is 23.7 Å². The van der Waals surface area contributed by atoms with Crippen LogP contribution in [-0.2, 0) is 23.9 Å². The smallest absolute Gasteiger partial charge is 0.329 e. The summed E-state index contributed by atoms with van der Waals surface area (Å²) in [5.41, 5.74) is 0.506. The maximum atomic E-state index is 13.1. The highest BCUT2D eigenvalue weighted by atomic mass is 79.9. The number of halogens is 2. The van der Waals surface area contributed by atoms with Gasteiger partial charge in [0, 0.05) is 15.3 Å². The van der Waals surface area contributed by atoms with E-state index in [-0.39, 0.29) is 33.3 Å². The second-order valence-electron chi connectivity index (χ2n) is 9.32. The molecule has 2 saturated carbocycles. The number of alkyl halides is 2. The average molecular weight is 620 g/mol. The lowest BCUT2D eigenvalue weighted by Crippen LogP contribution is -2.45. The quantitative estimate of drug-likeness (QED) is 0.284. The fourth-order valence-electron chi connectivity index (χ4n) is 5.54. The Balaban J connectivity index is 1.13. The number of rotatable bonds is 7. The van der Waals surface area contributed by atoms with Gasteiger partial charge in [-0.2, -0.15) is 0 Å². The molecule has 1 N–H and O–H groups in total. The summed E-state index contributed by atoms with van der Waals surface area (Å²) in [6.45, 7) is 0.925. The summed E-state index contributed by atoms with van der Waals surface area (Å²) in [6, 6.07) is 15.0. The van der Waals surface area contributed by atoms with Crippen LogP contribution in [0.15, 0.2) is 54.6 Å². The molecular formula is C26H24Br2N2O6. The highest BCUT2D eigenvalue weighted by Crippen LogP contribution is 2.60. The number of fused-ring (bicyclic) bond motifs is 5. The molecule has 2 aliphatic carbocycles. The van der Waals surface area contributed by atoms with Gasteiger partial charge in [0.1, 0.15) is 17.5 Å². The Bertz CT molecular complexity index is 1160. The lowest BCUT2D eigenvalue weighted by molar-refractivity contribution is -0.159. The van der Waals surface area contributed by atoms with E-state index in [1.807, 2.05) is 30.3 Å². The van der Waals surface area contributed by atoms with Crippen molar-refractivity contribution in [1.29, 1.82) is 0 Å². The Morgan fingerprint density at radius 1 is 0.944 bits per heavy atom.